The highest BCUT2D eigenvalue weighted by atomic mass is 16.1. The highest BCUT2D eigenvalue weighted by molar-refractivity contribution is 5.76. The van der Waals surface area contributed by atoms with E-state index in [2.05, 4.69) is 11.1 Å². The number of aldehydes is 1. The van der Waals surface area contributed by atoms with Crippen molar-refractivity contribution < 1.29 is 4.79 Å². The first-order valence-corrected chi connectivity index (χ1v) is 4.76. The van der Waals surface area contributed by atoms with Crippen LogP contribution in [0.25, 0.3) is 5.69 Å². The molecule has 2 aromatic heterocycles. The monoisotopic (exact) mass is 211 g/mol. The molecule has 2 rings (SSSR count). The van der Waals surface area contributed by atoms with Crippen LogP contribution in [0.15, 0.2) is 30.6 Å². The maximum absolute atomic E-state index is 10.9. The van der Waals surface area contributed by atoms with Crippen LogP contribution in [0, 0.1) is 18.3 Å². The predicted molar refractivity (Wildman–Crippen MR) is 58.4 cm³/mol. The standard InChI is InChI=1S/C12H9N3O/c1-9-10(6-13)5-12(8-16)15(9)11-3-2-4-14-7-11/h2-5,7-8H,1H3. The van der Waals surface area contributed by atoms with Crippen molar-refractivity contribution in [2.45, 2.75) is 6.92 Å². The van der Waals surface area contributed by atoms with Crippen molar-refractivity contribution in [3.8, 4) is 11.8 Å². The number of nitriles is 1. The zero-order valence-corrected chi connectivity index (χ0v) is 8.71. The molecule has 0 atom stereocenters. The Morgan fingerprint density at radius 3 is 2.94 bits per heavy atom. The summed E-state index contributed by atoms with van der Waals surface area (Å²) in [6.07, 6.45) is 4.05. The Labute approximate surface area is 92.8 Å². The molecular formula is C12H9N3O. The molecule has 78 valence electrons. The Morgan fingerprint density at radius 1 is 1.56 bits per heavy atom. The minimum absolute atomic E-state index is 0.460. The fraction of sp³-hybridized carbons (Fsp3) is 0.0833. The smallest absolute Gasteiger partial charge is 0.166 e. The largest absolute Gasteiger partial charge is 0.309 e. The number of rotatable bonds is 2. The Morgan fingerprint density at radius 2 is 2.38 bits per heavy atom. The van der Waals surface area contributed by atoms with Gasteiger partial charge in [0.2, 0.25) is 0 Å². The van der Waals surface area contributed by atoms with Crippen molar-refractivity contribution >= 4 is 6.29 Å². The molecule has 0 N–H and O–H groups in total. The molecule has 0 bridgehead atoms. The third kappa shape index (κ3) is 1.48. The van der Waals surface area contributed by atoms with Crippen LogP contribution in [-0.2, 0) is 0 Å². The molecule has 0 spiro atoms. The highest BCUT2D eigenvalue weighted by Crippen LogP contribution is 2.18. The van der Waals surface area contributed by atoms with Gasteiger partial charge in [0.25, 0.3) is 0 Å². The lowest BCUT2D eigenvalue weighted by atomic mass is 10.3. The summed E-state index contributed by atoms with van der Waals surface area (Å²) in [6, 6.07) is 7.27. The second-order valence-corrected chi connectivity index (χ2v) is 3.34. The quantitative estimate of drug-likeness (QED) is 0.712. The lowest BCUT2D eigenvalue weighted by molar-refractivity contribution is 0.111. The van der Waals surface area contributed by atoms with E-state index < -0.39 is 0 Å². The van der Waals surface area contributed by atoms with E-state index >= 15 is 0 Å². The van der Waals surface area contributed by atoms with Crippen LogP contribution >= 0.6 is 0 Å². The van der Waals surface area contributed by atoms with Gasteiger partial charge in [-0.1, -0.05) is 0 Å². The molecule has 0 aliphatic carbocycles. The summed E-state index contributed by atoms with van der Waals surface area (Å²) >= 11 is 0. The number of hydrogen-bond donors (Lipinski definition) is 0. The summed E-state index contributed by atoms with van der Waals surface area (Å²) in [7, 11) is 0. The first-order valence-electron chi connectivity index (χ1n) is 4.76. The van der Waals surface area contributed by atoms with Gasteiger partial charge in [0.1, 0.15) is 6.07 Å². The van der Waals surface area contributed by atoms with Gasteiger partial charge in [0.15, 0.2) is 6.29 Å². The summed E-state index contributed by atoms with van der Waals surface area (Å²) in [6.45, 7) is 1.80. The van der Waals surface area contributed by atoms with Gasteiger partial charge >= 0.3 is 0 Å². The molecule has 16 heavy (non-hydrogen) atoms. The number of nitrogens with zero attached hydrogens (tertiary/aromatic N) is 3. The number of carbonyl (C=O) groups excluding carboxylic acids is 1. The van der Waals surface area contributed by atoms with Crippen LogP contribution < -0.4 is 0 Å². The molecule has 0 aliphatic heterocycles. The lowest BCUT2D eigenvalue weighted by Crippen LogP contribution is -2.01. The van der Waals surface area contributed by atoms with Gasteiger partial charge in [-0.25, -0.2) is 0 Å². The van der Waals surface area contributed by atoms with Crippen molar-refractivity contribution in [3.63, 3.8) is 0 Å². The third-order valence-corrected chi connectivity index (χ3v) is 2.42. The van der Waals surface area contributed by atoms with Gasteiger partial charge in [-0.3, -0.25) is 9.78 Å². The lowest BCUT2D eigenvalue weighted by Gasteiger charge is -2.07. The molecule has 4 nitrogen and oxygen atoms in total. The Balaban J connectivity index is 2.70. The van der Waals surface area contributed by atoms with Crippen LogP contribution in [0.5, 0.6) is 0 Å². The van der Waals surface area contributed by atoms with Gasteiger partial charge in [-0.05, 0) is 25.1 Å². The molecule has 0 saturated heterocycles. The van der Waals surface area contributed by atoms with Gasteiger partial charge in [0.05, 0.1) is 23.1 Å². The van der Waals surface area contributed by atoms with Crippen LogP contribution in [0.2, 0.25) is 0 Å². The van der Waals surface area contributed by atoms with Crippen LogP contribution in [0.4, 0.5) is 0 Å². The zero-order valence-electron chi connectivity index (χ0n) is 8.71. The summed E-state index contributed by atoms with van der Waals surface area (Å²) in [5, 5.41) is 8.90. The molecular weight excluding hydrogens is 202 g/mol. The van der Waals surface area contributed by atoms with Crippen molar-refractivity contribution in [1.29, 1.82) is 5.26 Å². The van der Waals surface area contributed by atoms with Crippen molar-refractivity contribution in [1.82, 2.24) is 9.55 Å². The highest BCUT2D eigenvalue weighted by Gasteiger charge is 2.12. The Bertz CT molecular complexity index is 564. The molecule has 0 aliphatic rings. The molecule has 2 heterocycles. The average Bonchev–Trinajstić information content (AvgIpc) is 2.66. The second-order valence-electron chi connectivity index (χ2n) is 3.34. The summed E-state index contributed by atoms with van der Waals surface area (Å²) in [4.78, 5) is 14.9. The van der Waals surface area contributed by atoms with Gasteiger partial charge in [-0.15, -0.1) is 0 Å². The maximum atomic E-state index is 10.9. The zero-order chi connectivity index (χ0) is 11.5. The van der Waals surface area contributed by atoms with E-state index in [1.165, 1.54) is 0 Å². The predicted octanol–water partition coefficient (Wildman–Crippen LogP) is 1.86. The van der Waals surface area contributed by atoms with Gasteiger partial charge < -0.3 is 4.57 Å². The molecule has 0 saturated carbocycles. The van der Waals surface area contributed by atoms with E-state index in [1.54, 1.807) is 36.0 Å². The van der Waals surface area contributed by atoms with Gasteiger partial charge in [0, 0.05) is 11.9 Å². The molecule has 2 aromatic rings. The topological polar surface area (TPSA) is 58.7 Å². The maximum Gasteiger partial charge on any atom is 0.166 e. The van der Waals surface area contributed by atoms with E-state index in [0.717, 1.165) is 17.7 Å². The second kappa shape index (κ2) is 3.99. The molecule has 4 heteroatoms. The molecule has 0 radical (unpaired) electrons. The summed E-state index contributed by atoms with van der Waals surface area (Å²) in [5.74, 6) is 0. The van der Waals surface area contributed by atoms with E-state index in [9.17, 15) is 4.79 Å². The number of hydrogen-bond acceptors (Lipinski definition) is 3. The number of pyridine rings is 1. The Hall–Kier alpha value is -2.41. The summed E-state index contributed by atoms with van der Waals surface area (Å²) in [5.41, 5.74) is 2.49. The molecule has 0 fully saturated rings. The van der Waals surface area contributed by atoms with E-state index in [0.29, 0.717) is 11.3 Å². The number of carbonyl (C=O) groups is 1. The minimum Gasteiger partial charge on any atom is -0.309 e. The molecule has 0 aromatic carbocycles. The van der Waals surface area contributed by atoms with Crippen molar-refractivity contribution in [2.24, 2.45) is 0 Å². The average molecular weight is 211 g/mol. The van der Waals surface area contributed by atoms with Crippen LogP contribution in [0.1, 0.15) is 21.7 Å². The fourth-order valence-electron chi connectivity index (χ4n) is 1.66. The van der Waals surface area contributed by atoms with E-state index in [-0.39, 0.29) is 0 Å². The summed E-state index contributed by atoms with van der Waals surface area (Å²) < 4.78 is 1.72. The first kappa shape index (κ1) is 10.1. The third-order valence-electron chi connectivity index (χ3n) is 2.42. The fourth-order valence-corrected chi connectivity index (χ4v) is 1.66. The normalized spacial score (nSPS) is 9.75. The van der Waals surface area contributed by atoms with E-state index in [4.69, 9.17) is 5.26 Å². The first-order chi connectivity index (χ1) is 7.77. The Kier molecular flexibility index (Phi) is 2.52. The SMILES string of the molecule is Cc1c(C#N)cc(C=O)n1-c1cccnc1. The molecule has 0 amide bonds. The van der Waals surface area contributed by atoms with Crippen molar-refractivity contribution in [3.05, 3.63) is 47.5 Å². The molecule has 0 unspecified atom stereocenters. The minimum atomic E-state index is 0.460. The van der Waals surface area contributed by atoms with Crippen LogP contribution in [0.3, 0.4) is 0 Å². The van der Waals surface area contributed by atoms with E-state index in [1.807, 2.05) is 6.07 Å². The number of aromatic nitrogens is 2. The van der Waals surface area contributed by atoms with Crippen molar-refractivity contribution in [2.75, 3.05) is 0 Å². The van der Waals surface area contributed by atoms with Crippen LogP contribution in [-0.4, -0.2) is 15.8 Å². The van der Waals surface area contributed by atoms with Gasteiger partial charge in [-0.2, -0.15) is 5.26 Å².